The molecule has 6 nitrogen and oxygen atoms in total. The van der Waals surface area contributed by atoms with Gasteiger partial charge in [0.05, 0.1) is 4.47 Å². The Morgan fingerprint density at radius 2 is 1.60 bits per heavy atom. The third-order valence-electron chi connectivity index (χ3n) is 4.29. The van der Waals surface area contributed by atoms with Gasteiger partial charge in [0.15, 0.2) is 0 Å². The van der Waals surface area contributed by atoms with Gasteiger partial charge >= 0.3 is 0 Å². The zero-order valence-electron chi connectivity index (χ0n) is 15.3. The number of anilines is 2. The van der Waals surface area contributed by atoms with Crippen LogP contribution in [0.1, 0.15) is 39.2 Å². The molecule has 0 aromatic carbocycles. The van der Waals surface area contributed by atoms with E-state index in [2.05, 4.69) is 69.5 Å². The minimum absolute atomic E-state index is 0.0486. The van der Waals surface area contributed by atoms with Crippen molar-refractivity contribution in [2.45, 2.75) is 39.5 Å². The summed E-state index contributed by atoms with van der Waals surface area (Å²) in [5, 5.41) is 0. The Hall–Kier alpha value is -1.76. The minimum atomic E-state index is -0.0486. The average molecular weight is 405 g/mol. The van der Waals surface area contributed by atoms with Crippen LogP contribution >= 0.6 is 15.9 Å². The van der Waals surface area contributed by atoms with E-state index in [9.17, 15) is 0 Å². The smallest absolute Gasteiger partial charge is 0.225 e. The highest BCUT2D eigenvalue weighted by Gasteiger charge is 2.23. The number of nitrogens with zero attached hydrogens (tertiary/aromatic N) is 6. The van der Waals surface area contributed by atoms with Crippen molar-refractivity contribution in [3.63, 3.8) is 0 Å². The fourth-order valence-corrected chi connectivity index (χ4v) is 2.97. The zero-order chi connectivity index (χ0) is 18.0. The summed E-state index contributed by atoms with van der Waals surface area (Å²) in [4.78, 5) is 22.9. The lowest BCUT2D eigenvalue weighted by Crippen LogP contribution is -2.47. The second kappa shape index (κ2) is 7.23. The van der Waals surface area contributed by atoms with E-state index < -0.39 is 0 Å². The molecule has 134 valence electrons. The van der Waals surface area contributed by atoms with Gasteiger partial charge in [0.2, 0.25) is 5.95 Å². The first kappa shape index (κ1) is 18.0. The molecule has 2 aromatic rings. The van der Waals surface area contributed by atoms with Crippen LogP contribution in [0.5, 0.6) is 0 Å². The van der Waals surface area contributed by atoms with Gasteiger partial charge in [0.1, 0.15) is 11.6 Å². The standard InChI is InChI=1S/C18H25BrN6/c1-5-14-10-15(23-16(22-14)18(2,3)4)24-6-8-25(9-7-24)17-20-11-13(19)12-21-17/h10-12H,5-9H2,1-4H3. The Balaban J connectivity index is 1.75. The van der Waals surface area contributed by atoms with Crippen molar-refractivity contribution in [2.24, 2.45) is 0 Å². The molecular weight excluding hydrogens is 380 g/mol. The number of piperazine rings is 1. The van der Waals surface area contributed by atoms with Crippen molar-refractivity contribution in [1.82, 2.24) is 19.9 Å². The van der Waals surface area contributed by atoms with Gasteiger partial charge < -0.3 is 9.80 Å². The molecule has 1 saturated heterocycles. The largest absolute Gasteiger partial charge is 0.353 e. The van der Waals surface area contributed by atoms with E-state index >= 15 is 0 Å². The van der Waals surface area contributed by atoms with Crippen LogP contribution in [0, 0.1) is 0 Å². The summed E-state index contributed by atoms with van der Waals surface area (Å²) in [7, 11) is 0. The second-order valence-electron chi connectivity index (χ2n) is 7.32. The molecule has 3 heterocycles. The number of hydrogen-bond acceptors (Lipinski definition) is 6. The molecule has 25 heavy (non-hydrogen) atoms. The maximum absolute atomic E-state index is 4.84. The fraction of sp³-hybridized carbons (Fsp3) is 0.556. The number of halogens is 1. The van der Waals surface area contributed by atoms with Crippen molar-refractivity contribution < 1.29 is 0 Å². The number of rotatable bonds is 3. The van der Waals surface area contributed by atoms with Gasteiger partial charge in [-0.25, -0.2) is 19.9 Å². The summed E-state index contributed by atoms with van der Waals surface area (Å²) < 4.78 is 0.901. The quantitative estimate of drug-likeness (QED) is 0.782. The maximum Gasteiger partial charge on any atom is 0.225 e. The van der Waals surface area contributed by atoms with Crippen LogP contribution in [-0.2, 0) is 11.8 Å². The first-order valence-corrected chi connectivity index (χ1v) is 9.52. The molecule has 1 aliphatic heterocycles. The summed E-state index contributed by atoms with van der Waals surface area (Å²) in [6, 6.07) is 2.13. The maximum atomic E-state index is 4.84. The molecule has 0 radical (unpaired) electrons. The Kier molecular flexibility index (Phi) is 5.22. The van der Waals surface area contributed by atoms with Crippen molar-refractivity contribution >= 4 is 27.7 Å². The summed E-state index contributed by atoms with van der Waals surface area (Å²) >= 11 is 3.38. The van der Waals surface area contributed by atoms with Crippen molar-refractivity contribution in [3.05, 3.63) is 34.5 Å². The molecule has 0 bridgehead atoms. The van der Waals surface area contributed by atoms with Gasteiger partial charge in [-0.2, -0.15) is 0 Å². The SMILES string of the molecule is CCc1cc(N2CCN(c3ncc(Br)cn3)CC2)nc(C(C)(C)C)n1. The minimum Gasteiger partial charge on any atom is -0.353 e. The highest BCUT2D eigenvalue weighted by Crippen LogP contribution is 2.24. The van der Waals surface area contributed by atoms with E-state index in [-0.39, 0.29) is 5.41 Å². The van der Waals surface area contributed by atoms with Crippen LogP contribution in [-0.4, -0.2) is 46.1 Å². The average Bonchev–Trinajstić information content (AvgIpc) is 2.61. The van der Waals surface area contributed by atoms with E-state index in [1.54, 1.807) is 12.4 Å². The molecule has 0 spiro atoms. The van der Waals surface area contributed by atoms with Crippen LogP contribution in [0.15, 0.2) is 22.9 Å². The highest BCUT2D eigenvalue weighted by molar-refractivity contribution is 9.10. The normalized spacial score (nSPS) is 15.6. The summed E-state index contributed by atoms with van der Waals surface area (Å²) in [5.41, 5.74) is 1.06. The predicted octanol–water partition coefficient (Wildman–Crippen LogP) is 3.22. The molecule has 0 saturated carbocycles. The van der Waals surface area contributed by atoms with E-state index in [1.165, 1.54) is 0 Å². The lowest BCUT2D eigenvalue weighted by atomic mass is 9.95. The first-order valence-electron chi connectivity index (χ1n) is 8.72. The van der Waals surface area contributed by atoms with Crippen molar-refractivity contribution in [3.8, 4) is 0 Å². The van der Waals surface area contributed by atoms with E-state index in [1.807, 2.05) is 0 Å². The lowest BCUT2D eigenvalue weighted by molar-refractivity contribution is 0.538. The summed E-state index contributed by atoms with van der Waals surface area (Å²) in [6.45, 7) is 12.2. The first-order chi connectivity index (χ1) is 11.9. The van der Waals surface area contributed by atoms with E-state index in [0.717, 1.165) is 60.4 Å². The molecular formula is C18H25BrN6. The lowest BCUT2D eigenvalue weighted by Gasteiger charge is -2.36. The number of aromatic nitrogens is 4. The summed E-state index contributed by atoms with van der Waals surface area (Å²) in [5.74, 6) is 2.74. The second-order valence-corrected chi connectivity index (χ2v) is 8.24. The summed E-state index contributed by atoms with van der Waals surface area (Å²) in [6.07, 6.45) is 4.51. The molecule has 0 N–H and O–H groups in total. The highest BCUT2D eigenvalue weighted by atomic mass is 79.9. The molecule has 0 aliphatic carbocycles. The van der Waals surface area contributed by atoms with Crippen molar-refractivity contribution in [2.75, 3.05) is 36.0 Å². The molecule has 0 amide bonds. The molecule has 1 fully saturated rings. The van der Waals surface area contributed by atoms with E-state index in [4.69, 9.17) is 9.97 Å². The van der Waals surface area contributed by atoms with Crippen LogP contribution in [0.25, 0.3) is 0 Å². The molecule has 2 aromatic heterocycles. The third kappa shape index (κ3) is 4.26. The molecule has 7 heteroatoms. The monoisotopic (exact) mass is 404 g/mol. The fourth-order valence-electron chi connectivity index (χ4n) is 2.77. The topological polar surface area (TPSA) is 58.0 Å². The predicted molar refractivity (Wildman–Crippen MR) is 104 cm³/mol. The van der Waals surface area contributed by atoms with Gasteiger partial charge in [-0.15, -0.1) is 0 Å². The van der Waals surface area contributed by atoms with Crippen LogP contribution < -0.4 is 9.80 Å². The molecule has 1 aliphatic rings. The van der Waals surface area contributed by atoms with Gasteiger partial charge in [0, 0.05) is 55.7 Å². The molecule has 0 atom stereocenters. The molecule has 0 unspecified atom stereocenters. The van der Waals surface area contributed by atoms with Gasteiger partial charge in [-0.05, 0) is 22.4 Å². The van der Waals surface area contributed by atoms with Gasteiger partial charge in [0.25, 0.3) is 0 Å². The van der Waals surface area contributed by atoms with Crippen molar-refractivity contribution in [1.29, 1.82) is 0 Å². The van der Waals surface area contributed by atoms with Gasteiger partial charge in [-0.3, -0.25) is 0 Å². The van der Waals surface area contributed by atoms with Crippen LogP contribution in [0.4, 0.5) is 11.8 Å². The Bertz CT molecular complexity index is 717. The Morgan fingerprint density at radius 1 is 1.00 bits per heavy atom. The van der Waals surface area contributed by atoms with Gasteiger partial charge in [-0.1, -0.05) is 27.7 Å². The zero-order valence-corrected chi connectivity index (χ0v) is 16.9. The molecule has 3 rings (SSSR count). The number of aryl methyl sites for hydroxylation is 1. The number of hydrogen-bond donors (Lipinski definition) is 0. The van der Waals surface area contributed by atoms with Crippen LogP contribution in [0.2, 0.25) is 0 Å². The van der Waals surface area contributed by atoms with Crippen LogP contribution in [0.3, 0.4) is 0 Å². The Morgan fingerprint density at radius 3 is 2.16 bits per heavy atom. The Labute approximate surface area is 157 Å². The third-order valence-corrected chi connectivity index (χ3v) is 4.70. The van der Waals surface area contributed by atoms with E-state index in [0.29, 0.717) is 0 Å².